The zero-order valence-corrected chi connectivity index (χ0v) is 9.26. The monoisotopic (exact) mass is 252 g/mol. The van der Waals surface area contributed by atoms with Gasteiger partial charge in [0.2, 0.25) is 0 Å². The molecule has 0 spiro atoms. The summed E-state index contributed by atoms with van der Waals surface area (Å²) in [6.07, 6.45) is 0. The number of carbonyl (C=O) groups excluding carboxylic acids is 1. The average Bonchev–Trinajstić information content (AvgIpc) is 2.66. The van der Waals surface area contributed by atoms with Gasteiger partial charge in [0.25, 0.3) is 5.69 Å². The molecule has 0 aliphatic carbocycles. The van der Waals surface area contributed by atoms with Crippen LogP contribution < -0.4 is 5.76 Å². The molecule has 0 radical (unpaired) electrons. The van der Waals surface area contributed by atoms with Gasteiger partial charge in [-0.2, -0.15) is 0 Å². The number of benzene rings is 1. The minimum atomic E-state index is -0.826. The Labute approximate surface area is 99.3 Å². The first kappa shape index (κ1) is 11.8. The average molecular weight is 252 g/mol. The number of hydrogen-bond acceptors (Lipinski definition) is 6. The molecule has 0 aliphatic rings. The number of aromatic amines is 1. The highest BCUT2D eigenvalue weighted by Gasteiger charge is 2.23. The number of oxazole rings is 1. The Bertz CT molecular complexity index is 683. The van der Waals surface area contributed by atoms with Crippen LogP contribution in [0.15, 0.2) is 21.3 Å². The van der Waals surface area contributed by atoms with Gasteiger partial charge in [-0.1, -0.05) is 0 Å². The van der Waals surface area contributed by atoms with Crippen molar-refractivity contribution in [2.24, 2.45) is 0 Å². The van der Waals surface area contributed by atoms with Crippen molar-refractivity contribution in [2.75, 3.05) is 6.61 Å². The maximum atomic E-state index is 11.6. The van der Waals surface area contributed by atoms with Crippen molar-refractivity contribution in [3.63, 3.8) is 0 Å². The molecule has 8 nitrogen and oxygen atoms in total. The lowest BCUT2D eigenvalue weighted by Gasteiger charge is -2.02. The van der Waals surface area contributed by atoms with E-state index in [0.29, 0.717) is 0 Å². The van der Waals surface area contributed by atoms with Crippen molar-refractivity contribution >= 4 is 22.8 Å². The lowest BCUT2D eigenvalue weighted by atomic mass is 10.1. The summed E-state index contributed by atoms with van der Waals surface area (Å²) in [4.78, 5) is 35.0. The van der Waals surface area contributed by atoms with Crippen molar-refractivity contribution in [3.8, 4) is 0 Å². The summed E-state index contributed by atoms with van der Waals surface area (Å²) in [7, 11) is 0. The molecule has 0 bridgehead atoms. The molecule has 0 saturated heterocycles. The second kappa shape index (κ2) is 4.32. The number of hydrogen-bond donors (Lipinski definition) is 1. The Kier molecular flexibility index (Phi) is 2.84. The van der Waals surface area contributed by atoms with Gasteiger partial charge in [0.1, 0.15) is 5.56 Å². The first-order valence-electron chi connectivity index (χ1n) is 5.01. The van der Waals surface area contributed by atoms with Gasteiger partial charge in [-0.25, -0.2) is 9.59 Å². The van der Waals surface area contributed by atoms with Gasteiger partial charge in [0.15, 0.2) is 5.58 Å². The highest BCUT2D eigenvalue weighted by molar-refractivity contribution is 5.98. The number of rotatable bonds is 3. The Morgan fingerprint density at radius 1 is 1.56 bits per heavy atom. The highest BCUT2D eigenvalue weighted by Crippen LogP contribution is 2.25. The first-order valence-corrected chi connectivity index (χ1v) is 5.01. The van der Waals surface area contributed by atoms with E-state index in [0.717, 1.165) is 12.1 Å². The van der Waals surface area contributed by atoms with E-state index in [1.807, 2.05) is 0 Å². The van der Waals surface area contributed by atoms with E-state index in [2.05, 4.69) is 9.40 Å². The van der Waals surface area contributed by atoms with Gasteiger partial charge in [-0.15, -0.1) is 0 Å². The van der Waals surface area contributed by atoms with Gasteiger partial charge >= 0.3 is 11.7 Å². The summed E-state index contributed by atoms with van der Waals surface area (Å²) >= 11 is 0. The lowest BCUT2D eigenvalue weighted by Crippen LogP contribution is -2.08. The molecule has 94 valence electrons. The molecule has 2 aromatic rings. The summed E-state index contributed by atoms with van der Waals surface area (Å²) < 4.78 is 9.39. The van der Waals surface area contributed by atoms with E-state index in [9.17, 15) is 19.7 Å². The summed E-state index contributed by atoms with van der Waals surface area (Å²) in [6.45, 7) is 1.68. The molecule has 0 saturated carbocycles. The standard InChI is InChI=1S/C10H8N2O6/c1-2-17-9(13)5-3-6-8(18-10(14)11-6)4-7(5)12(15)16/h3-4H,2H2,1H3,(H,11,14). The molecule has 1 aromatic carbocycles. The van der Waals surface area contributed by atoms with Gasteiger partial charge in [-0.3, -0.25) is 15.1 Å². The minimum Gasteiger partial charge on any atom is -0.462 e. The third kappa shape index (κ3) is 1.95. The maximum absolute atomic E-state index is 11.6. The predicted octanol–water partition coefficient (Wildman–Crippen LogP) is 1.21. The largest absolute Gasteiger partial charge is 0.462 e. The number of carbonyl (C=O) groups is 1. The third-order valence-electron chi connectivity index (χ3n) is 2.23. The zero-order valence-electron chi connectivity index (χ0n) is 9.26. The fraction of sp³-hybridized carbons (Fsp3) is 0.200. The second-order valence-corrected chi connectivity index (χ2v) is 3.36. The molecular weight excluding hydrogens is 244 g/mol. The summed E-state index contributed by atoms with van der Waals surface area (Å²) in [6, 6.07) is 2.18. The molecule has 18 heavy (non-hydrogen) atoms. The number of nitro groups is 1. The maximum Gasteiger partial charge on any atom is 0.417 e. The van der Waals surface area contributed by atoms with E-state index in [1.54, 1.807) is 6.92 Å². The van der Waals surface area contributed by atoms with Crippen LogP contribution >= 0.6 is 0 Å². The fourth-order valence-electron chi connectivity index (χ4n) is 1.51. The minimum absolute atomic E-state index is 0.0137. The fourth-order valence-corrected chi connectivity index (χ4v) is 1.51. The third-order valence-corrected chi connectivity index (χ3v) is 2.23. The van der Waals surface area contributed by atoms with Crippen LogP contribution in [0.3, 0.4) is 0 Å². The van der Waals surface area contributed by atoms with Crippen LogP contribution in [0.4, 0.5) is 5.69 Å². The van der Waals surface area contributed by atoms with E-state index in [-0.39, 0.29) is 23.3 Å². The molecular formula is C10H8N2O6. The van der Waals surface area contributed by atoms with Crippen molar-refractivity contribution in [1.82, 2.24) is 4.98 Å². The van der Waals surface area contributed by atoms with E-state index in [4.69, 9.17) is 4.74 Å². The molecule has 2 rings (SSSR count). The van der Waals surface area contributed by atoms with Gasteiger partial charge in [-0.05, 0) is 13.0 Å². The van der Waals surface area contributed by atoms with Gasteiger partial charge < -0.3 is 9.15 Å². The Hall–Kier alpha value is -2.64. The van der Waals surface area contributed by atoms with Crippen LogP contribution in [0.2, 0.25) is 0 Å². The Morgan fingerprint density at radius 3 is 2.89 bits per heavy atom. The van der Waals surface area contributed by atoms with Gasteiger partial charge in [0.05, 0.1) is 23.1 Å². The molecule has 0 atom stereocenters. The quantitative estimate of drug-likeness (QED) is 0.498. The number of aromatic nitrogens is 1. The van der Waals surface area contributed by atoms with Crippen LogP contribution in [0.5, 0.6) is 0 Å². The molecule has 1 heterocycles. The number of esters is 1. The number of nitro benzene ring substituents is 1. The van der Waals surface area contributed by atoms with Crippen molar-refractivity contribution in [3.05, 3.63) is 38.4 Å². The number of nitrogens with zero attached hydrogens (tertiary/aromatic N) is 1. The number of H-pyrrole nitrogens is 1. The van der Waals surface area contributed by atoms with Crippen LogP contribution in [-0.2, 0) is 4.74 Å². The van der Waals surface area contributed by atoms with Crippen molar-refractivity contribution < 1.29 is 18.9 Å². The molecule has 8 heteroatoms. The van der Waals surface area contributed by atoms with Gasteiger partial charge in [0, 0.05) is 0 Å². The number of fused-ring (bicyclic) bond motifs is 1. The molecule has 1 N–H and O–H groups in total. The Morgan fingerprint density at radius 2 is 2.28 bits per heavy atom. The topological polar surface area (TPSA) is 115 Å². The van der Waals surface area contributed by atoms with E-state index >= 15 is 0 Å². The molecule has 0 amide bonds. The number of ether oxygens (including phenoxy) is 1. The lowest BCUT2D eigenvalue weighted by molar-refractivity contribution is -0.385. The Balaban J connectivity index is 2.68. The molecule has 0 aliphatic heterocycles. The summed E-state index contributed by atoms with van der Waals surface area (Å²) in [5.74, 6) is -1.58. The molecule has 0 unspecified atom stereocenters. The summed E-state index contributed by atoms with van der Waals surface area (Å²) in [5.41, 5.74) is -0.483. The predicted molar refractivity (Wildman–Crippen MR) is 59.4 cm³/mol. The first-order chi connectivity index (χ1) is 8.52. The van der Waals surface area contributed by atoms with Crippen LogP contribution in [0.25, 0.3) is 11.1 Å². The van der Waals surface area contributed by atoms with Crippen molar-refractivity contribution in [2.45, 2.75) is 6.92 Å². The molecule has 1 aromatic heterocycles. The molecule has 0 fully saturated rings. The zero-order chi connectivity index (χ0) is 13.3. The normalized spacial score (nSPS) is 10.5. The van der Waals surface area contributed by atoms with E-state index in [1.165, 1.54) is 0 Å². The summed E-state index contributed by atoms with van der Waals surface area (Å²) in [5, 5.41) is 10.8. The van der Waals surface area contributed by atoms with E-state index < -0.39 is 22.3 Å². The second-order valence-electron chi connectivity index (χ2n) is 3.36. The highest BCUT2D eigenvalue weighted by atomic mass is 16.6. The number of nitrogens with one attached hydrogen (secondary N) is 1. The SMILES string of the molecule is CCOC(=O)c1cc2[nH]c(=O)oc2cc1[N+](=O)[O-]. The van der Waals surface area contributed by atoms with Crippen LogP contribution in [-0.4, -0.2) is 22.5 Å². The van der Waals surface area contributed by atoms with Crippen LogP contribution in [0, 0.1) is 10.1 Å². The van der Waals surface area contributed by atoms with Crippen LogP contribution in [0.1, 0.15) is 17.3 Å². The smallest absolute Gasteiger partial charge is 0.417 e. The van der Waals surface area contributed by atoms with Crippen molar-refractivity contribution in [1.29, 1.82) is 0 Å².